The van der Waals surface area contributed by atoms with E-state index in [0.717, 1.165) is 35.8 Å². The first-order valence-electron chi connectivity index (χ1n) is 7.14. The van der Waals surface area contributed by atoms with Crippen molar-refractivity contribution in [1.29, 1.82) is 0 Å². The fourth-order valence-electron chi connectivity index (χ4n) is 2.81. The Labute approximate surface area is 118 Å². The third-order valence-electron chi connectivity index (χ3n) is 3.74. The lowest BCUT2D eigenvalue weighted by Crippen LogP contribution is -2.12. The van der Waals surface area contributed by atoms with Gasteiger partial charge in [0.1, 0.15) is 5.82 Å². The van der Waals surface area contributed by atoms with Crippen LogP contribution in [-0.2, 0) is 13.0 Å². The molecular weight excluding hydrogens is 254 g/mol. The molecule has 0 saturated carbocycles. The molecule has 1 atom stereocenters. The molecule has 4 heteroatoms. The second-order valence-corrected chi connectivity index (χ2v) is 6.68. The zero-order valence-corrected chi connectivity index (χ0v) is 12.2. The van der Waals surface area contributed by atoms with Crippen molar-refractivity contribution in [2.24, 2.45) is 0 Å². The summed E-state index contributed by atoms with van der Waals surface area (Å²) in [6, 6.07) is 6.10. The minimum Gasteiger partial charge on any atom is -0.399 e. The highest BCUT2D eigenvalue weighted by Crippen LogP contribution is 2.29. The summed E-state index contributed by atoms with van der Waals surface area (Å²) in [5.41, 5.74) is 8.96. The summed E-state index contributed by atoms with van der Waals surface area (Å²) in [7, 11) is 0. The van der Waals surface area contributed by atoms with Gasteiger partial charge in [0.25, 0.3) is 0 Å². The summed E-state index contributed by atoms with van der Waals surface area (Å²) in [5.74, 6) is 2.53. The Bertz CT molecular complexity index is 570. The van der Waals surface area contributed by atoms with E-state index in [2.05, 4.69) is 29.3 Å². The first-order chi connectivity index (χ1) is 9.28. The standard InChI is InChI=1S/C15H21N3S/c1-2-4-15-17-13-9-11(16)6-7-14(13)18(15)10-12-5-3-8-19-12/h6-7,9,12H,2-5,8,10,16H2,1H3. The summed E-state index contributed by atoms with van der Waals surface area (Å²) < 4.78 is 2.42. The predicted molar refractivity (Wildman–Crippen MR) is 83.6 cm³/mol. The molecule has 1 fully saturated rings. The summed E-state index contributed by atoms with van der Waals surface area (Å²) in [5, 5.41) is 0.755. The first-order valence-corrected chi connectivity index (χ1v) is 8.19. The van der Waals surface area contributed by atoms with Crippen LogP contribution in [0.2, 0.25) is 0 Å². The van der Waals surface area contributed by atoms with Gasteiger partial charge in [-0.1, -0.05) is 6.92 Å². The lowest BCUT2D eigenvalue weighted by Gasteiger charge is -2.13. The molecule has 0 bridgehead atoms. The number of hydrogen-bond donors (Lipinski definition) is 1. The topological polar surface area (TPSA) is 43.8 Å². The average Bonchev–Trinajstić information content (AvgIpc) is 2.99. The number of rotatable bonds is 4. The van der Waals surface area contributed by atoms with E-state index in [4.69, 9.17) is 10.7 Å². The van der Waals surface area contributed by atoms with Gasteiger partial charge in [-0.2, -0.15) is 11.8 Å². The molecule has 1 saturated heterocycles. The van der Waals surface area contributed by atoms with Gasteiger partial charge in [0, 0.05) is 23.9 Å². The molecule has 1 aromatic carbocycles. The molecule has 1 aliphatic rings. The highest BCUT2D eigenvalue weighted by atomic mass is 32.2. The SMILES string of the molecule is CCCc1nc2cc(N)ccc2n1CC1CCCS1. The third-order valence-corrected chi connectivity index (χ3v) is 5.12. The summed E-state index contributed by atoms with van der Waals surface area (Å²) in [6.45, 7) is 3.31. The number of imidazole rings is 1. The van der Waals surface area contributed by atoms with E-state index in [0.29, 0.717) is 0 Å². The van der Waals surface area contributed by atoms with Crippen LogP contribution in [0, 0.1) is 0 Å². The first kappa shape index (κ1) is 12.9. The van der Waals surface area contributed by atoms with E-state index < -0.39 is 0 Å². The molecule has 102 valence electrons. The van der Waals surface area contributed by atoms with Crippen LogP contribution in [0.5, 0.6) is 0 Å². The monoisotopic (exact) mass is 275 g/mol. The number of benzene rings is 1. The summed E-state index contributed by atoms with van der Waals surface area (Å²) in [4.78, 5) is 4.78. The molecule has 0 amide bonds. The van der Waals surface area contributed by atoms with E-state index in [1.54, 1.807) is 0 Å². The number of anilines is 1. The van der Waals surface area contributed by atoms with Crippen molar-refractivity contribution in [2.75, 3.05) is 11.5 Å². The van der Waals surface area contributed by atoms with Crippen LogP contribution in [0.3, 0.4) is 0 Å². The van der Waals surface area contributed by atoms with Gasteiger partial charge < -0.3 is 10.3 Å². The van der Waals surface area contributed by atoms with Crippen LogP contribution in [0.1, 0.15) is 32.0 Å². The van der Waals surface area contributed by atoms with Crippen molar-refractivity contribution < 1.29 is 0 Å². The maximum absolute atomic E-state index is 5.87. The number of nitrogens with zero attached hydrogens (tertiary/aromatic N) is 2. The highest BCUT2D eigenvalue weighted by Gasteiger charge is 2.19. The van der Waals surface area contributed by atoms with Crippen LogP contribution in [-0.4, -0.2) is 20.6 Å². The predicted octanol–water partition coefficient (Wildman–Crippen LogP) is 3.47. The Morgan fingerprint density at radius 3 is 3.11 bits per heavy atom. The van der Waals surface area contributed by atoms with Gasteiger partial charge >= 0.3 is 0 Å². The molecule has 0 aliphatic carbocycles. The van der Waals surface area contributed by atoms with Gasteiger partial charge in [0.05, 0.1) is 11.0 Å². The van der Waals surface area contributed by atoms with Crippen molar-refractivity contribution >= 4 is 28.5 Å². The van der Waals surface area contributed by atoms with Crippen molar-refractivity contribution in [3.8, 4) is 0 Å². The molecule has 1 unspecified atom stereocenters. The third kappa shape index (κ3) is 2.59. The van der Waals surface area contributed by atoms with Crippen LogP contribution in [0.4, 0.5) is 5.69 Å². The number of aryl methyl sites for hydroxylation is 1. The Kier molecular flexibility index (Phi) is 3.69. The average molecular weight is 275 g/mol. The fourth-order valence-corrected chi connectivity index (χ4v) is 4.06. The van der Waals surface area contributed by atoms with Crippen LogP contribution < -0.4 is 5.73 Å². The maximum atomic E-state index is 5.87. The number of nitrogen functional groups attached to an aromatic ring is 1. The van der Waals surface area contributed by atoms with E-state index >= 15 is 0 Å². The lowest BCUT2D eigenvalue weighted by molar-refractivity contribution is 0.618. The molecular formula is C15H21N3S. The van der Waals surface area contributed by atoms with Gasteiger partial charge in [0.15, 0.2) is 0 Å². The number of nitrogens with two attached hydrogens (primary N) is 1. The van der Waals surface area contributed by atoms with Crippen molar-refractivity contribution in [2.45, 2.75) is 44.4 Å². The van der Waals surface area contributed by atoms with E-state index in [9.17, 15) is 0 Å². The molecule has 2 aromatic rings. The second-order valence-electron chi connectivity index (χ2n) is 5.27. The molecule has 19 heavy (non-hydrogen) atoms. The molecule has 2 N–H and O–H groups in total. The summed E-state index contributed by atoms with van der Waals surface area (Å²) >= 11 is 2.11. The van der Waals surface area contributed by atoms with Crippen molar-refractivity contribution in [3.05, 3.63) is 24.0 Å². The van der Waals surface area contributed by atoms with Crippen LogP contribution >= 0.6 is 11.8 Å². The largest absolute Gasteiger partial charge is 0.399 e. The molecule has 3 rings (SSSR count). The zero-order chi connectivity index (χ0) is 13.2. The molecule has 0 radical (unpaired) electrons. The Hall–Kier alpha value is -1.16. The van der Waals surface area contributed by atoms with Gasteiger partial charge in [0.2, 0.25) is 0 Å². The quantitative estimate of drug-likeness (QED) is 0.869. The highest BCUT2D eigenvalue weighted by molar-refractivity contribution is 8.00. The Morgan fingerprint density at radius 2 is 2.37 bits per heavy atom. The minimum absolute atomic E-state index is 0.755. The lowest BCUT2D eigenvalue weighted by atomic mass is 10.2. The van der Waals surface area contributed by atoms with Crippen LogP contribution in [0.25, 0.3) is 11.0 Å². The molecule has 1 aliphatic heterocycles. The van der Waals surface area contributed by atoms with Crippen LogP contribution in [0.15, 0.2) is 18.2 Å². The fraction of sp³-hybridized carbons (Fsp3) is 0.533. The van der Waals surface area contributed by atoms with Gasteiger partial charge in [-0.3, -0.25) is 0 Å². The number of aromatic nitrogens is 2. The second kappa shape index (κ2) is 5.45. The van der Waals surface area contributed by atoms with Crippen molar-refractivity contribution in [3.63, 3.8) is 0 Å². The van der Waals surface area contributed by atoms with E-state index in [1.807, 2.05) is 12.1 Å². The molecule has 0 spiro atoms. The maximum Gasteiger partial charge on any atom is 0.109 e. The Balaban J connectivity index is 2.00. The number of thioether (sulfide) groups is 1. The molecule has 1 aromatic heterocycles. The summed E-state index contributed by atoms with van der Waals surface area (Å²) in [6.07, 6.45) is 4.88. The molecule has 2 heterocycles. The normalized spacial score (nSPS) is 19.3. The van der Waals surface area contributed by atoms with E-state index in [1.165, 1.54) is 29.9 Å². The zero-order valence-electron chi connectivity index (χ0n) is 11.4. The van der Waals surface area contributed by atoms with E-state index in [-0.39, 0.29) is 0 Å². The van der Waals surface area contributed by atoms with Crippen molar-refractivity contribution in [1.82, 2.24) is 9.55 Å². The van der Waals surface area contributed by atoms with Gasteiger partial charge in [-0.15, -0.1) is 0 Å². The smallest absolute Gasteiger partial charge is 0.109 e. The van der Waals surface area contributed by atoms with Gasteiger partial charge in [-0.25, -0.2) is 4.98 Å². The minimum atomic E-state index is 0.755. The number of hydrogen-bond acceptors (Lipinski definition) is 3. The Morgan fingerprint density at radius 1 is 1.47 bits per heavy atom. The van der Waals surface area contributed by atoms with Gasteiger partial charge in [-0.05, 0) is 43.2 Å². The number of fused-ring (bicyclic) bond motifs is 1. The molecule has 3 nitrogen and oxygen atoms in total.